The summed E-state index contributed by atoms with van der Waals surface area (Å²) in [6, 6.07) is 6.46. The third-order valence-electron chi connectivity index (χ3n) is 4.60. The Hall–Kier alpha value is -1.59. The lowest BCUT2D eigenvalue weighted by molar-refractivity contribution is -0.125. The number of carbonyl (C=O) groups is 1. The van der Waals surface area contributed by atoms with Crippen molar-refractivity contribution in [2.75, 3.05) is 18.4 Å². The van der Waals surface area contributed by atoms with Crippen LogP contribution in [0.1, 0.15) is 37.7 Å². The summed E-state index contributed by atoms with van der Waals surface area (Å²) in [7, 11) is -3.81. The molecular weight excluding hydrogens is 418 g/mol. The zero-order chi connectivity index (χ0) is 19.0. The Kier molecular flexibility index (Phi) is 7.91. The van der Waals surface area contributed by atoms with Crippen LogP contribution in [0.4, 0.5) is 0 Å². The fourth-order valence-corrected chi connectivity index (χ4v) is 4.86. The second-order valence-corrected chi connectivity index (χ2v) is 9.04. The molecule has 0 radical (unpaired) electrons. The van der Waals surface area contributed by atoms with Gasteiger partial charge in [-0.1, -0.05) is 47.3 Å². The molecule has 1 saturated carbocycles. The first-order valence-electron chi connectivity index (χ1n) is 8.84. The van der Waals surface area contributed by atoms with E-state index in [9.17, 15) is 13.2 Å². The number of carbonyl (C=O) groups excluding carboxylic acids is 1. The zero-order valence-electron chi connectivity index (χ0n) is 14.7. The van der Waals surface area contributed by atoms with Gasteiger partial charge in [-0.3, -0.25) is 4.79 Å². The van der Waals surface area contributed by atoms with E-state index in [1.54, 1.807) is 18.3 Å². The predicted molar refractivity (Wildman–Crippen MR) is 103 cm³/mol. The maximum absolute atomic E-state index is 12.4. The van der Waals surface area contributed by atoms with Crippen LogP contribution in [0.2, 0.25) is 0 Å². The minimum Gasteiger partial charge on any atom is -0.356 e. The molecule has 26 heavy (non-hydrogen) atoms. The Bertz CT molecular complexity index is 738. The van der Waals surface area contributed by atoms with Gasteiger partial charge < -0.3 is 5.32 Å². The molecule has 1 fully saturated rings. The number of hydrogen-bond acceptors (Lipinski definition) is 4. The van der Waals surface area contributed by atoms with Crippen molar-refractivity contribution in [2.45, 2.75) is 43.4 Å². The van der Waals surface area contributed by atoms with Crippen molar-refractivity contribution in [3.05, 3.63) is 29.8 Å². The number of nitrogens with zero attached hydrogens (tertiary/aromatic N) is 2. The molecule has 0 spiro atoms. The van der Waals surface area contributed by atoms with Crippen LogP contribution in [0.3, 0.4) is 0 Å². The number of nitriles is 1. The Labute approximate surface area is 163 Å². The third kappa shape index (κ3) is 5.45. The first-order chi connectivity index (χ1) is 12.5. The van der Waals surface area contributed by atoms with E-state index in [4.69, 9.17) is 5.26 Å². The molecule has 1 aliphatic rings. The maximum Gasteiger partial charge on any atom is 0.272 e. The number of alkyl halides is 1. The molecule has 6 nitrogen and oxygen atoms in total. The summed E-state index contributed by atoms with van der Waals surface area (Å²) in [6.45, 7) is 0.628. The summed E-state index contributed by atoms with van der Waals surface area (Å²) >= 11 is 3.14. The molecule has 0 aliphatic heterocycles. The average Bonchev–Trinajstić information content (AvgIpc) is 2.67. The lowest BCUT2D eigenvalue weighted by Gasteiger charge is -2.20. The third-order valence-corrected chi connectivity index (χ3v) is 6.67. The highest BCUT2D eigenvalue weighted by Crippen LogP contribution is 2.23. The van der Waals surface area contributed by atoms with E-state index in [1.165, 1.54) is 18.6 Å². The van der Waals surface area contributed by atoms with Gasteiger partial charge in [-0.25, -0.2) is 12.7 Å². The molecule has 0 atom stereocenters. The van der Waals surface area contributed by atoms with Gasteiger partial charge in [0, 0.05) is 17.8 Å². The van der Waals surface area contributed by atoms with Crippen molar-refractivity contribution in [2.24, 2.45) is 5.92 Å². The van der Waals surface area contributed by atoms with Gasteiger partial charge in [-0.05, 0) is 37.0 Å². The van der Waals surface area contributed by atoms with Gasteiger partial charge in [-0.15, -0.1) is 0 Å². The molecule has 8 heteroatoms. The van der Waals surface area contributed by atoms with Gasteiger partial charge >= 0.3 is 0 Å². The molecule has 1 aromatic rings. The number of nitrogens with one attached hydrogen (secondary N) is 1. The molecule has 142 valence electrons. The number of amides is 1. The highest BCUT2D eigenvalue weighted by atomic mass is 79.9. The summed E-state index contributed by atoms with van der Waals surface area (Å²) in [5.74, 6) is 0.269. The largest absolute Gasteiger partial charge is 0.356 e. The molecule has 2 rings (SSSR count). The van der Waals surface area contributed by atoms with Gasteiger partial charge in [-0.2, -0.15) is 5.26 Å². The van der Waals surface area contributed by atoms with Crippen LogP contribution in [0.25, 0.3) is 0 Å². The normalized spacial score (nSPS) is 15.2. The summed E-state index contributed by atoms with van der Waals surface area (Å²) < 4.78 is 25.5. The lowest BCUT2D eigenvalue weighted by atomic mass is 9.88. The van der Waals surface area contributed by atoms with Crippen LogP contribution in [0, 0.1) is 17.4 Å². The van der Waals surface area contributed by atoms with E-state index in [1.807, 2.05) is 0 Å². The summed E-state index contributed by atoms with van der Waals surface area (Å²) in [6.07, 6.45) is 7.77. The fraction of sp³-hybridized carbons (Fsp3) is 0.556. The minimum absolute atomic E-state index is 0.0911. The van der Waals surface area contributed by atoms with Gasteiger partial charge in [0.2, 0.25) is 5.91 Å². The van der Waals surface area contributed by atoms with E-state index < -0.39 is 10.0 Å². The minimum atomic E-state index is -3.81. The number of halogens is 1. The highest BCUT2D eigenvalue weighted by molar-refractivity contribution is 9.09. The predicted octanol–water partition coefficient (Wildman–Crippen LogP) is 2.79. The molecule has 1 aliphatic carbocycles. The first-order valence-corrected chi connectivity index (χ1v) is 11.4. The van der Waals surface area contributed by atoms with Gasteiger partial charge in [0.05, 0.1) is 11.4 Å². The quantitative estimate of drug-likeness (QED) is 0.381. The van der Waals surface area contributed by atoms with Crippen LogP contribution in [0.15, 0.2) is 29.2 Å². The molecule has 1 aromatic carbocycles. The van der Waals surface area contributed by atoms with Gasteiger partial charge in [0.25, 0.3) is 10.0 Å². The Morgan fingerprint density at radius 3 is 2.46 bits per heavy atom. The monoisotopic (exact) mass is 441 g/mol. The standard InChI is InChI=1S/C18H24BrN3O3S/c19-11-13-22(14-20)26(24,25)17-8-6-15(7-9-17)10-12-21-18(23)16-4-2-1-3-5-16/h6-9,16H,1-5,10-13H2,(H,21,23). The topological polar surface area (TPSA) is 90.3 Å². The molecule has 1 amide bonds. The Balaban J connectivity index is 1.89. The van der Waals surface area contributed by atoms with Crippen molar-refractivity contribution in [1.29, 1.82) is 5.26 Å². The van der Waals surface area contributed by atoms with E-state index in [0.29, 0.717) is 18.3 Å². The van der Waals surface area contributed by atoms with Crippen LogP contribution in [-0.4, -0.2) is 37.0 Å². The van der Waals surface area contributed by atoms with Crippen molar-refractivity contribution >= 4 is 31.9 Å². The molecule has 0 heterocycles. The van der Waals surface area contributed by atoms with Gasteiger partial charge in [0.1, 0.15) is 0 Å². The van der Waals surface area contributed by atoms with Crippen LogP contribution >= 0.6 is 15.9 Å². The highest BCUT2D eigenvalue weighted by Gasteiger charge is 2.23. The summed E-state index contributed by atoms with van der Waals surface area (Å²) in [5, 5.41) is 12.4. The van der Waals surface area contributed by atoms with Crippen molar-refractivity contribution in [3.8, 4) is 6.19 Å². The average molecular weight is 442 g/mol. The van der Waals surface area contributed by atoms with Crippen LogP contribution < -0.4 is 5.32 Å². The SMILES string of the molecule is N#CN(CCBr)S(=O)(=O)c1ccc(CCNC(=O)C2CCCCC2)cc1. The lowest BCUT2D eigenvalue weighted by Crippen LogP contribution is -2.33. The second kappa shape index (κ2) is 9.93. The number of benzene rings is 1. The molecule has 1 N–H and O–H groups in total. The number of hydrogen-bond donors (Lipinski definition) is 1. The van der Waals surface area contributed by atoms with E-state index in [2.05, 4.69) is 21.2 Å². The van der Waals surface area contributed by atoms with Crippen molar-refractivity contribution < 1.29 is 13.2 Å². The zero-order valence-corrected chi connectivity index (χ0v) is 17.1. The molecule has 0 aromatic heterocycles. The molecule has 0 saturated heterocycles. The second-order valence-electron chi connectivity index (χ2n) is 6.39. The molecular formula is C18H24BrN3O3S. The van der Waals surface area contributed by atoms with Crippen molar-refractivity contribution in [1.82, 2.24) is 9.62 Å². The molecule has 0 bridgehead atoms. The Morgan fingerprint density at radius 2 is 1.88 bits per heavy atom. The Morgan fingerprint density at radius 1 is 1.23 bits per heavy atom. The summed E-state index contributed by atoms with van der Waals surface area (Å²) in [5.41, 5.74) is 0.942. The smallest absolute Gasteiger partial charge is 0.272 e. The first kappa shape index (κ1) is 20.7. The van der Waals surface area contributed by atoms with E-state index in [-0.39, 0.29) is 23.3 Å². The van der Waals surface area contributed by atoms with Gasteiger partial charge in [0.15, 0.2) is 6.19 Å². The van der Waals surface area contributed by atoms with E-state index in [0.717, 1.165) is 35.6 Å². The molecule has 0 unspecified atom stereocenters. The van der Waals surface area contributed by atoms with E-state index >= 15 is 0 Å². The van der Waals surface area contributed by atoms with Crippen molar-refractivity contribution in [3.63, 3.8) is 0 Å². The number of sulfonamides is 1. The van der Waals surface area contributed by atoms with Crippen LogP contribution in [-0.2, 0) is 21.2 Å². The fourth-order valence-electron chi connectivity index (χ4n) is 3.10. The van der Waals surface area contributed by atoms with Crippen LogP contribution in [0.5, 0.6) is 0 Å². The maximum atomic E-state index is 12.4. The summed E-state index contributed by atoms with van der Waals surface area (Å²) in [4.78, 5) is 12.2. The number of rotatable bonds is 8.